The number of aliphatic carboxylic acids is 1. The van der Waals surface area contributed by atoms with Gasteiger partial charge in [-0.3, -0.25) is 4.79 Å². The minimum absolute atomic E-state index is 0.191. The SMILES string of the molecule is CC(C)(C)OC(Cc1nnn[nH]1)(NC=O)C(=O)O. The van der Waals surface area contributed by atoms with E-state index in [4.69, 9.17) is 4.74 Å². The van der Waals surface area contributed by atoms with Gasteiger partial charge in [0.15, 0.2) is 5.82 Å². The van der Waals surface area contributed by atoms with Crippen LogP contribution in [0.4, 0.5) is 0 Å². The van der Waals surface area contributed by atoms with Gasteiger partial charge in [0, 0.05) is 0 Å². The van der Waals surface area contributed by atoms with E-state index in [1.54, 1.807) is 20.8 Å². The second-order valence-electron chi connectivity index (χ2n) is 4.63. The molecule has 1 rings (SSSR count). The fourth-order valence-corrected chi connectivity index (χ4v) is 1.40. The lowest BCUT2D eigenvalue weighted by Gasteiger charge is -2.34. The predicted octanol–water partition coefficient (Wildman–Crippen LogP) is -0.916. The highest BCUT2D eigenvalue weighted by atomic mass is 16.6. The number of carbonyl (C=O) groups excluding carboxylic acids is 1. The number of nitrogens with one attached hydrogen (secondary N) is 2. The average Bonchev–Trinajstić information content (AvgIpc) is 2.67. The van der Waals surface area contributed by atoms with Crippen LogP contribution < -0.4 is 5.32 Å². The number of tetrazole rings is 1. The van der Waals surface area contributed by atoms with Crippen molar-refractivity contribution in [3.8, 4) is 0 Å². The van der Waals surface area contributed by atoms with Crippen molar-refractivity contribution in [3.63, 3.8) is 0 Å². The van der Waals surface area contributed by atoms with E-state index in [0.29, 0.717) is 0 Å². The Bertz CT molecular complexity index is 413. The standard InChI is InChI=1S/C9H15N5O4/c1-8(2,3)18-9(7(16)17,10-5-15)4-6-11-13-14-12-6/h5H,4H2,1-3H3,(H,10,15)(H,16,17)(H,11,12,13,14). The highest BCUT2D eigenvalue weighted by Crippen LogP contribution is 2.21. The zero-order valence-corrected chi connectivity index (χ0v) is 10.3. The van der Waals surface area contributed by atoms with Gasteiger partial charge in [0.05, 0.1) is 12.0 Å². The first kappa shape index (κ1) is 14.0. The number of nitrogens with zero attached hydrogens (tertiary/aromatic N) is 3. The van der Waals surface area contributed by atoms with Crippen molar-refractivity contribution in [2.24, 2.45) is 0 Å². The summed E-state index contributed by atoms with van der Waals surface area (Å²) < 4.78 is 5.44. The van der Waals surface area contributed by atoms with Gasteiger partial charge in [0.2, 0.25) is 12.1 Å². The first-order chi connectivity index (χ1) is 8.29. The molecule has 18 heavy (non-hydrogen) atoms. The van der Waals surface area contributed by atoms with Gasteiger partial charge in [0.25, 0.3) is 0 Å². The first-order valence-electron chi connectivity index (χ1n) is 5.16. The number of carboxylic acid groups (broad SMARTS) is 1. The highest BCUT2D eigenvalue weighted by molar-refractivity contribution is 5.80. The number of amides is 1. The van der Waals surface area contributed by atoms with Crippen LogP contribution in [0.2, 0.25) is 0 Å². The Hall–Kier alpha value is -2.03. The summed E-state index contributed by atoms with van der Waals surface area (Å²) >= 11 is 0. The normalized spacial score (nSPS) is 14.8. The summed E-state index contributed by atoms with van der Waals surface area (Å²) in [5, 5.41) is 24.1. The molecule has 0 saturated heterocycles. The number of rotatable bonds is 6. The maximum Gasteiger partial charge on any atom is 0.357 e. The van der Waals surface area contributed by atoms with E-state index in [9.17, 15) is 14.7 Å². The maximum atomic E-state index is 11.4. The molecule has 0 radical (unpaired) electrons. The third-order valence-electron chi connectivity index (χ3n) is 1.92. The topological polar surface area (TPSA) is 130 Å². The molecule has 1 aromatic heterocycles. The molecule has 0 aliphatic carbocycles. The van der Waals surface area contributed by atoms with Crippen LogP contribution in [0, 0.1) is 0 Å². The van der Waals surface area contributed by atoms with Gasteiger partial charge in [-0.1, -0.05) is 0 Å². The highest BCUT2D eigenvalue weighted by Gasteiger charge is 2.44. The van der Waals surface area contributed by atoms with Crippen LogP contribution >= 0.6 is 0 Å². The summed E-state index contributed by atoms with van der Waals surface area (Å²) in [5.41, 5.74) is -2.69. The van der Waals surface area contributed by atoms with Crippen LogP contribution in [-0.4, -0.2) is 49.4 Å². The lowest BCUT2D eigenvalue weighted by Crippen LogP contribution is -2.58. The molecule has 0 fully saturated rings. The molecule has 3 N–H and O–H groups in total. The lowest BCUT2D eigenvalue weighted by molar-refractivity contribution is -0.192. The van der Waals surface area contributed by atoms with E-state index in [0.717, 1.165) is 0 Å². The number of aromatic amines is 1. The quantitative estimate of drug-likeness (QED) is 0.444. The fraction of sp³-hybridized carbons (Fsp3) is 0.667. The summed E-state index contributed by atoms with van der Waals surface area (Å²) in [7, 11) is 0. The molecule has 1 aromatic rings. The molecule has 1 heterocycles. The summed E-state index contributed by atoms with van der Waals surface area (Å²) in [5.74, 6) is -1.14. The average molecular weight is 257 g/mol. The van der Waals surface area contributed by atoms with Crippen LogP contribution in [0.15, 0.2) is 0 Å². The first-order valence-corrected chi connectivity index (χ1v) is 5.16. The van der Waals surface area contributed by atoms with Crippen molar-refractivity contribution in [2.75, 3.05) is 0 Å². The van der Waals surface area contributed by atoms with E-state index in [-0.39, 0.29) is 18.7 Å². The Morgan fingerprint density at radius 3 is 2.61 bits per heavy atom. The largest absolute Gasteiger partial charge is 0.478 e. The third kappa shape index (κ3) is 3.48. The molecule has 0 bridgehead atoms. The van der Waals surface area contributed by atoms with Gasteiger partial charge in [-0.25, -0.2) is 9.89 Å². The van der Waals surface area contributed by atoms with Crippen LogP contribution in [0.1, 0.15) is 26.6 Å². The fourth-order valence-electron chi connectivity index (χ4n) is 1.40. The smallest absolute Gasteiger partial charge is 0.357 e. The second-order valence-corrected chi connectivity index (χ2v) is 4.63. The molecule has 0 aliphatic rings. The number of carbonyl (C=O) groups is 2. The Balaban J connectivity index is 3.04. The minimum Gasteiger partial charge on any atom is -0.478 e. The van der Waals surface area contributed by atoms with E-state index in [2.05, 4.69) is 25.9 Å². The number of hydrogen-bond acceptors (Lipinski definition) is 6. The second kappa shape index (κ2) is 5.08. The van der Waals surface area contributed by atoms with Crippen molar-refractivity contribution in [3.05, 3.63) is 5.82 Å². The number of ether oxygens (including phenoxy) is 1. The molecule has 1 amide bonds. The van der Waals surface area contributed by atoms with Gasteiger partial charge in [-0.15, -0.1) is 5.10 Å². The molecule has 1 unspecified atom stereocenters. The van der Waals surface area contributed by atoms with Crippen LogP contribution in [0.3, 0.4) is 0 Å². The molecule has 9 heteroatoms. The zero-order chi connectivity index (χ0) is 13.8. The molecular formula is C9H15N5O4. The van der Waals surface area contributed by atoms with Gasteiger partial charge < -0.3 is 15.2 Å². The van der Waals surface area contributed by atoms with Gasteiger partial charge in [-0.2, -0.15) is 0 Å². The van der Waals surface area contributed by atoms with Crippen molar-refractivity contribution in [1.82, 2.24) is 25.9 Å². The predicted molar refractivity (Wildman–Crippen MR) is 58.3 cm³/mol. The Labute approximate surface area is 103 Å². The number of hydrogen-bond donors (Lipinski definition) is 3. The summed E-state index contributed by atoms with van der Waals surface area (Å²) in [6.45, 7) is 5.03. The van der Waals surface area contributed by atoms with Gasteiger partial charge in [0.1, 0.15) is 0 Å². The third-order valence-corrected chi connectivity index (χ3v) is 1.92. The monoisotopic (exact) mass is 257 g/mol. The number of H-pyrrole nitrogens is 1. The molecule has 0 spiro atoms. The van der Waals surface area contributed by atoms with Crippen molar-refractivity contribution < 1.29 is 19.4 Å². The zero-order valence-electron chi connectivity index (χ0n) is 10.3. The Morgan fingerprint density at radius 1 is 1.56 bits per heavy atom. The van der Waals surface area contributed by atoms with Crippen molar-refractivity contribution in [2.45, 2.75) is 38.5 Å². The molecule has 0 aliphatic heterocycles. The molecule has 0 aromatic carbocycles. The van der Waals surface area contributed by atoms with Gasteiger partial charge >= 0.3 is 5.97 Å². The number of aromatic nitrogens is 4. The lowest BCUT2D eigenvalue weighted by atomic mass is 10.1. The molecule has 0 saturated carbocycles. The molecular weight excluding hydrogens is 242 g/mol. The summed E-state index contributed by atoms with van der Waals surface area (Å²) in [6.07, 6.45) is 0.0506. The Morgan fingerprint density at radius 2 is 2.22 bits per heavy atom. The van der Waals surface area contributed by atoms with E-state index in [1.165, 1.54) is 0 Å². The van der Waals surface area contributed by atoms with Crippen LogP contribution in [0.25, 0.3) is 0 Å². The summed E-state index contributed by atoms with van der Waals surface area (Å²) in [4.78, 5) is 22.0. The van der Waals surface area contributed by atoms with Gasteiger partial charge in [-0.05, 0) is 31.2 Å². The van der Waals surface area contributed by atoms with E-state index >= 15 is 0 Å². The number of carboxylic acids is 1. The maximum absolute atomic E-state index is 11.4. The van der Waals surface area contributed by atoms with Crippen LogP contribution in [0.5, 0.6) is 0 Å². The molecule has 100 valence electrons. The van der Waals surface area contributed by atoms with Crippen molar-refractivity contribution >= 4 is 12.4 Å². The molecule has 1 atom stereocenters. The van der Waals surface area contributed by atoms with Crippen LogP contribution in [-0.2, 0) is 20.7 Å². The minimum atomic E-state index is -1.92. The summed E-state index contributed by atoms with van der Waals surface area (Å²) in [6, 6.07) is 0. The van der Waals surface area contributed by atoms with E-state index < -0.39 is 17.3 Å². The van der Waals surface area contributed by atoms with Crippen molar-refractivity contribution in [1.29, 1.82) is 0 Å². The van der Waals surface area contributed by atoms with E-state index in [1.807, 2.05) is 0 Å². The Kier molecular flexibility index (Phi) is 3.96. The molecule has 9 nitrogen and oxygen atoms in total.